The number of nitrogens with one attached hydrogen (secondary N) is 1. The molecule has 1 aromatic heterocycles. The second-order valence-electron chi connectivity index (χ2n) is 4.84. The van der Waals surface area contributed by atoms with E-state index in [0.717, 1.165) is 12.0 Å². The zero-order chi connectivity index (χ0) is 14.7. The van der Waals surface area contributed by atoms with Crippen molar-refractivity contribution < 1.29 is 9.53 Å². The van der Waals surface area contributed by atoms with Crippen LogP contribution in [0.4, 0.5) is 0 Å². The molecule has 1 atom stereocenters. The predicted octanol–water partition coefficient (Wildman–Crippen LogP) is 2.42. The number of pyridine rings is 1. The lowest BCUT2D eigenvalue weighted by Crippen LogP contribution is -2.32. The maximum absolute atomic E-state index is 12.2. The number of nitrogens with zero attached hydrogens (tertiary/aromatic N) is 1. The molecule has 5 heteroatoms. The number of ether oxygens (including phenoxy) is 1. The molecule has 0 fully saturated rings. The van der Waals surface area contributed by atoms with E-state index in [-0.39, 0.29) is 11.2 Å². The number of aromatic nitrogens is 1. The highest BCUT2D eigenvalue weighted by Gasteiger charge is 2.27. The molecule has 0 saturated heterocycles. The van der Waals surface area contributed by atoms with Gasteiger partial charge in [-0.2, -0.15) is 0 Å². The molecule has 1 N–H and O–H groups in total. The van der Waals surface area contributed by atoms with Crippen molar-refractivity contribution in [1.82, 2.24) is 10.3 Å². The van der Waals surface area contributed by atoms with Crippen LogP contribution in [0.25, 0.3) is 0 Å². The number of hydrogen-bond donors (Lipinski definition) is 1. The maximum Gasteiger partial charge on any atom is 0.234 e. The second-order valence-corrected chi connectivity index (χ2v) is 6.09. The van der Waals surface area contributed by atoms with Gasteiger partial charge in [-0.3, -0.25) is 4.79 Å². The third-order valence-electron chi connectivity index (χ3n) is 3.41. The minimum atomic E-state index is -0.0337. The SMILES string of the molecule is COc1ccc(CNC(=O)C2Cc3ccccc3S2)cn1. The molecule has 1 aliphatic heterocycles. The van der Waals surface area contributed by atoms with E-state index in [1.165, 1.54) is 10.5 Å². The number of hydrogen-bond acceptors (Lipinski definition) is 4. The van der Waals surface area contributed by atoms with Gasteiger partial charge in [-0.05, 0) is 23.6 Å². The van der Waals surface area contributed by atoms with Crippen molar-refractivity contribution >= 4 is 17.7 Å². The molecule has 0 saturated carbocycles. The molecule has 1 amide bonds. The van der Waals surface area contributed by atoms with Gasteiger partial charge in [-0.25, -0.2) is 4.98 Å². The number of methoxy groups -OCH3 is 1. The van der Waals surface area contributed by atoms with Crippen molar-refractivity contribution in [2.45, 2.75) is 23.1 Å². The smallest absolute Gasteiger partial charge is 0.234 e. The lowest BCUT2D eigenvalue weighted by atomic mass is 10.1. The summed E-state index contributed by atoms with van der Waals surface area (Å²) in [4.78, 5) is 17.6. The molecule has 2 aromatic rings. The van der Waals surface area contributed by atoms with Gasteiger partial charge in [-0.15, -0.1) is 11.8 Å². The van der Waals surface area contributed by atoms with E-state index in [1.54, 1.807) is 31.1 Å². The van der Waals surface area contributed by atoms with Crippen LogP contribution in [0.3, 0.4) is 0 Å². The number of thioether (sulfide) groups is 1. The summed E-state index contributed by atoms with van der Waals surface area (Å²) < 4.78 is 5.01. The largest absolute Gasteiger partial charge is 0.481 e. The van der Waals surface area contributed by atoms with Crippen LogP contribution in [0.15, 0.2) is 47.5 Å². The third-order valence-corrected chi connectivity index (χ3v) is 4.73. The van der Waals surface area contributed by atoms with Crippen LogP contribution in [0, 0.1) is 0 Å². The van der Waals surface area contributed by atoms with Gasteiger partial charge in [0.15, 0.2) is 0 Å². The average molecular weight is 300 g/mol. The predicted molar refractivity (Wildman–Crippen MR) is 82.4 cm³/mol. The molecular weight excluding hydrogens is 284 g/mol. The third kappa shape index (κ3) is 3.19. The highest BCUT2D eigenvalue weighted by molar-refractivity contribution is 8.01. The summed E-state index contributed by atoms with van der Waals surface area (Å²) in [6.07, 6.45) is 2.52. The molecule has 21 heavy (non-hydrogen) atoms. The van der Waals surface area contributed by atoms with Gasteiger partial charge in [-0.1, -0.05) is 24.3 Å². The summed E-state index contributed by atoms with van der Waals surface area (Å²) in [7, 11) is 1.58. The van der Waals surface area contributed by atoms with E-state index >= 15 is 0 Å². The zero-order valence-corrected chi connectivity index (χ0v) is 12.5. The van der Waals surface area contributed by atoms with Crippen molar-refractivity contribution in [3.8, 4) is 5.88 Å². The normalized spacial score (nSPS) is 16.3. The first-order chi connectivity index (χ1) is 10.3. The van der Waals surface area contributed by atoms with Gasteiger partial charge < -0.3 is 10.1 Å². The Kier molecular flexibility index (Phi) is 4.10. The summed E-state index contributed by atoms with van der Waals surface area (Å²) >= 11 is 1.64. The fourth-order valence-electron chi connectivity index (χ4n) is 2.27. The summed E-state index contributed by atoms with van der Waals surface area (Å²) in [6, 6.07) is 11.9. The van der Waals surface area contributed by atoms with Crippen LogP contribution < -0.4 is 10.1 Å². The van der Waals surface area contributed by atoms with E-state index in [9.17, 15) is 4.79 Å². The molecule has 0 aliphatic carbocycles. The summed E-state index contributed by atoms with van der Waals surface area (Å²) in [6.45, 7) is 0.489. The van der Waals surface area contributed by atoms with Gasteiger partial charge in [0, 0.05) is 23.7 Å². The lowest BCUT2D eigenvalue weighted by molar-refractivity contribution is -0.120. The van der Waals surface area contributed by atoms with Crippen molar-refractivity contribution in [3.63, 3.8) is 0 Å². The average Bonchev–Trinajstić information content (AvgIpc) is 2.97. The van der Waals surface area contributed by atoms with Gasteiger partial charge in [0.2, 0.25) is 11.8 Å². The van der Waals surface area contributed by atoms with Gasteiger partial charge in [0.1, 0.15) is 0 Å². The monoisotopic (exact) mass is 300 g/mol. The van der Waals surface area contributed by atoms with Gasteiger partial charge >= 0.3 is 0 Å². The molecule has 2 heterocycles. The van der Waals surface area contributed by atoms with Crippen LogP contribution in [0.5, 0.6) is 5.88 Å². The summed E-state index contributed by atoms with van der Waals surface area (Å²) in [5, 5.41) is 2.94. The Morgan fingerprint density at radius 3 is 2.95 bits per heavy atom. The van der Waals surface area contributed by atoms with Crippen LogP contribution in [0.1, 0.15) is 11.1 Å². The Hall–Kier alpha value is -2.01. The van der Waals surface area contributed by atoms with E-state index in [4.69, 9.17) is 4.74 Å². The number of fused-ring (bicyclic) bond motifs is 1. The van der Waals surface area contributed by atoms with E-state index in [0.29, 0.717) is 12.4 Å². The summed E-state index contributed by atoms with van der Waals surface area (Å²) in [5.74, 6) is 0.652. The minimum Gasteiger partial charge on any atom is -0.481 e. The highest BCUT2D eigenvalue weighted by Crippen LogP contribution is 2.36. The fraction of sp³-hybridized carbons (Fsp3) is 0.250. The fourth-order valence-corrected chi connectivity index (χ4v) is 3.49. The van der Waals surface area contributed by atoms with Crippen molar-refractivity contribution in [1.29, 1.82) is 0 Å². The van der Waals surface area contributed by atoms with Crippen molar-refractivity contribution in [2.24, 2.45) is 0 Å². The number of amides is 1. The molecule has 4 nitrogen and oxygen atoms in total. The van der Waals surface area contributed by atoms with Crippen LogP contribution in [0.2, 0.25) is 0 Å². The molecule has 3 rings (SSSR count). The van der Waals surface area contributed by atoms with Gasteiger partial charge in [0.25, 0.3) is 0 Å². The standard InChI is InChI=1S/C16H16N2O2S/c1-20-15-7-6-11(9-17-15)10-18-16(19)14-8-12-4-2-3-5-13(12)21-14/h2-7,9,14H,8,10H2,1H3,(H,18,19). The van der Waals surface area contributed by atoms with Crippen LogP contribution >= 0.6 is 11.8 Å². The Bertz CT molecular complexity index is 618. The van der Waals surface area contributed by atoms with Crippen molar-refractivity contribution in [3.05, 3.63) is 53.7 Å². The number of benzene rings is 1. The summed E-state index contributed by atoms with van der Waals surface area (Å²) in [5.41, 5.74) is 2.22. The molecule has 1 aromatic carbocycles. The van der Waals surface area contributed by atoms with E-state index in [1.807, 2.05) is 18.2 Å². The topological polar surface area (TPSA) is 51.2 Å². The molecule has 1 unspecified atom stereocenters. The molecule has 0 radical (unpaired) electrons. The molecule has 0 spiro atoms. The zero-order valence-electron chi connectivity index (χ0n) is 11.7. The number of rotatable bonds is 4. The Labute approximate surface area is 127 Å². The van der Waals surface area contributed by atoms with Crippen LogP contribution in [-0.2, 0) is 17.8 Å². The Morgan fingerprint density at radius 2 is 2.24 bits per heavy atom. The van der Waals surface area contributed by atoms with Gasteiger partial charge in [0.05, 0.1) is 12.4 Å². The van der Waals surface area contributed by atoms with E-state index in [2.05, 4.69) is 22.4 Å². The van der Waals surface area contributed by atoms with Crippen molar-refractivity contribution in [2.75, 3.05) is 7.11 Å². The first-order valence-corrected chi connectivity index (χ1v) is 7.65. The maximum atomic E-state index is 12.2. The Morgan fingerprint density at radius 1 is 1.38 bits per heavy atom. The number of carbonyl (C=O) groups excluding carboxylic acids is 1. The number of carbonyl (C=O) groups is 1. The molecule has 108 valence electrons. The molecular formula is C16H16N2O2S. The highest BCUT2D eigenvalue weighted by atomic mass is 32.2. The molecule has 1 aliphatic rings. The van der Waals surface area contributed by atoms with E-state index < -0.39 is 0 Å². The Balaban J connectivity index is 1.55. The van der Waals surface area contributed by atoms with Crippen LogP contribution in [-0.4, -0.2) is 23.3 Å². The molecule has 0 bridgehead atoms. The first kappa shape index (κ1) is 13.9. The lowest BCUT2D eigenvalue weighted by Gasteiger charge is -2.10. The first-order valence-electron chi connectivity index (χ1n) is 6.77. The second kappa shape index (κ2) is 6.18. The minimum absolute atomic E-state index is 0.0337. The quantitative estimate of drug-likeness (QED) is 0.942.